The van der Waals surface area contributed by atoms with Crippen molar-refractivity contribution in [3.63, 3.8) is 0 Å². The van der Waals surface area contributed by atoms with Gasteiger partial charge in [-0.3, -0.25) is 0 Å². The molecular weight excluding hydrogens is 639 g/mol. The van der Waals surface area contributed by atoms with E-state index in [-0.39, 0.29) is 51.0 Å². The zero-order chi connectivity index (χ0) is 34.2. The molecular formula is C38H21N4O6P. The van der Waals surface area contributed by atoms with E-state index in [1.54, 1.807) is 24.3 Å². The van der Waals surface area contributed by atoms with E-state index in [0.717, 1.165) is 10.4 Å². The first-order valence-corrected chi connectivity index (χ1v) is 16.1. The SMILES string of the molecule is N#Cc1ccc(Oc2cc#cc(OP(=O)(OC3=c4ccccc4=CCC3)Oc3cccc(Oc4ccc(C#N)c(C#N)c4)c3)c2)cc1C#N. The molecule has 0 N–H and O–H groups in total. The van der Waals surface area contributed by atoms with Crippen LogP contribution in [0.25, 0.3) is 11.8 Å². The molecule has 11 heteroatoms. The van der Waals surface area contributed by atoms with Crippen molar-refractivity contribution in [1.29, 1.82) is 21.0 Å². The van der Waals surface area contributed by atoms with E-state index >= 15 is 0 Å². The predicted octanol–water partition coefficient (Wildman–Crippen LogP) is 7.32. The van der Waals surface area contributed by atoms with Gasteiger partial charge in [-0.2, -0.15) is 25.6 Å². The maximum absolute atomic E-state index is 14.5. The van der Waals surface area contributed by atoms with Crippen molar-refractivity contribution in [3.8, 4) is 58.8 Å². The standard InChI is InChI=1S/C38H21N4O6P/c39-22-27-14-16-33(18-29(27)24-41)44-31-8-4-10-35(20-31)46-49(43,48-38-13-3-7-26-6-1-2-12-37(26)38)47-36-11-5-9-32(21-36)45-34-17-15-28(23-40)30(19-34)25-42/h1-2,4,6-10,12,14-21H,3,13H2. The van der Waals surface area contributed by atoms with Crippen LogP contribution in [0.3, 0.4) is 0 Å². The summed E-state index contributed by atoms with van der Waals surface area (Å²) in [6.45, 7) is 0. The van der Waals surface area contributed by atoms with E-state index in [1.807, 2.05) is 48.5 Å². The van der Waals surface area contributed by atoms with Gasteiger partial charge in [-0.05, 0) is 66.2 Å². The summed E-state index contributed by atoms with van der Waals surface area (Å²) in [5.74, 6) is 1.52. The number of rotatable bonds is 10. The maximum Gasteiger partial charge on any atom is 0.647 e. The lowest BCUT2D eigenvalue weighted by atomic mass is 10.1. The summed E-state index contributed by atoms with van der Waals surface area (Å²) >= 11 is 0. The summed E-state index contributed by atoms with van der Waals surface area (Å²) < 4.78 is 44.3. The summed E-state index contributed by atoms with van der Waals surface area (Å²) in [6.07, 6.45) is 3.14. The van der Waals surface area contributed by atoms with Crippen molar-refractivity contribution >= 4 is 19.7 Å². The van der Waals surface area contributed by atoms with E-state index in [4.69, 9.17) is 23.0 Å². The predicted molar refractivity (Wildman–Crippen MR) is 175 cm³/mol. The lowest BCUT2D eigenvalue weighted by molar-refractivity contribution is 0.277. The Kier molecular flexibility index (Phi) is 9.15. The molecule has 1 aliphatic rings. The molecule has 10 nitrogen and oxygen atoms in total. The van der Waals surface area contributed by atoms with Gasteiger partial charge in [-0.25, -0.2) is 0 Å². The van der Waals surface area contributed by atoms with Gasteiger partial charge in [0, 0.05) is 29.8 Å². The van der Waals surface area contributed by atoms with Gasteiger partial charge in [0.25, 0.3) is 0 Å². The molecule has 1 aliphatic carbocycles. The lowest BCUT2D eigenvalue weighted by Crippen LogP contribution is -2.30. The zero-order valence-corrected chi connectivity index (χ0v) is 26.3. The highest BCUT2D eigenvalue weighted by atomic mass is 31.2. The summed E-state index contributed by atoms with van der Waals surface area (Å²) in [5.41, 5.74) is 0.727. The normalized spacial score (nSPS) is 11.5. The van der Waals surface area contributed by atoms with E-state index in [0.29, 0.717) is 24.4 Å². The molecule has 0 fully saturated rings. The van der Waals surface area contributed by atoms with Gasteiger partial charge in [-0.15, -0.1) is 0 Å². The first kappa shape index (κ1) is 31.8. The molecule has 0 radical (unpaired) electrons. The molecule has 0 saturated heterocycles. The van der Waals surface area contributed by atoms with Crippen LogP contribution in [-0.4, -0.2) is 0 Å². The number of phosphoric ester groups is 1. The number of hydrogen-bond acceptors (Lipinski definition) is 10. The molecule has 1 atom stereocenters. The molecule has 0 aromatic heterocycles. The topological polar surface area (TPSA) is 158 Å². The molecule has 5 aromatic carbocycles. The Morgan fingerprint density at radius 1 is 0.612 bits per heavy atom. The molecule has 0 amide bonds. The average molecular weight is 661 g/mol. The number of hydrogen-bond donors (Lipinski definition) is 0. The first-order chi connectivity index (χ1) is 23.9. The second-order valence-electron chi connectivity index (χ2n) is 10.3. The van der Waals surface area contributed by atoms with Gasteiger partial charge in [0.2, 0.25) is 0 Å². The molecule has 0 aliphatic heterocycles. The molecule has 0 spiro atoms. The largest absolute Gasteiger partial charge is 0.647 e. The minimum Gasteiger partial charge on any atom is -0.457 e. The van der Waals surface area contributed by atoms with Gasteiger partial charge in [0.1, 0.15) is 58.8 Å². The number of phosphoric acid groups is 1. The Morgan fingerprint density at radius 2 is 1.24 bits per heavy atom. The molecule has 49 heavy (non-hydrogen) atoms. The summed E-state index contributed by atoms with van der Waals surface area (Å²) in [5, 5.41) is 38.9. The van der Waals surface area contributed by atoms with E-state index in [2.05, 4.69) is 18.2 Å². The van der Waals surface area contributed by atoms with Crippen LogP contribution in [0, 0.1) is 57.5 Å². The highest BCUT2D eigenvalue weighted by molar-refractivity contribution is 7.49. The molecule has 1 unspecified atom stereocenters. The van der Waals surface area contributed by atoms with Crippen LogP contribution in [0.4, 0.5) is 0 Å². The Labute approximate surface area is 281 Å². The quantitative estimate of drug-likeness (QED) is 0.139. The minimum atomic E-state index is -4.51. The van der Waals surface area contributed by atoms with Gasteiger partial charge in [0.05, 0.1) is 22.3 Å². The first-order valence-electron chi connectivity index (χ1n) is 14.6. The number of nitrogens with zero attached hydrogens (tertiary/aromatic N) is 4. The lowest BCUT2D eigenvalue weighted by Gasteiger charge is -2.21. The molecule has 0 saturated carbocycles. The van der Waals surface area contributed by atoms with Crippen LogP contribution in [0.5, 0.6) is 34.5 Å². The Hall–Kier alpha value is -7.15. The van der Waals surface area contributed by atoms with E-state index in [1.165, 1.54) is 48.5 Å². The highest BCUT2D eigenvalue weighted by Gasteiger charge is 2.35. The summed E-state index contributed by atoms with van der Waals surface area (Å²) in [6, 6.07) is 38.9. The number of fused-ring (bicyclic) bond motifs is 1. The third kappa shape index (κ3) is 7.47. The van der Waals surface area contributed by atoms with Crippen LogP contribution in [0.2, 0.25) is 0 Å². The molecule has 0 heterocycles. The van der Waals surface area contributed by atoms with Crippen LogP contribution in [0.15, 0.2) is 97.1 Å². The van der Waals surface area contributed by atoms with Crippen molar-refractivity contribution in [2.24, 2.45) is 0 Å². The van der Waals surface area contributed by atoms with E-state index in [9.17, 15) is 25.6 Å². The highest BCUT2D eigenvalue weighted by Crippen LogP contribution is 2.52. The summed E-state index contributed by atoms with van der Waals surface area (Å²) in [7, 11) is -4.51. The van der Waals surface area contributed by atoms with Crippen LogP contribution < -0.4 is 29.0 Å². The van der Waals surface area contributed by atoms with Crippen LogP contribution in [-0.2, 0) is 9.09 Å². The number of ether oxygens (including phenoxy) is 2. The van der Waals surface area contributed by atoms with Gasteiger partial charge < -0.3 is 23.0 Å². The Morgan fingerprint density at radius 3 is 1.94 bits per heavy atom. The Balaban J connectivity index is 1.31. The van der Waals surface area contributed by atoms with Crippen LogP contribution in [0.1, 0.15) is 35.1 Å². The van der Waals surface area contributed by atoms with Crippen molar-refractivity contribution in [3.05, 3.63) is 142 Å². The van der Waals surface area contributed by atoms with Crippen molar-refractivity contribution < 1.29 is 27.6 Å². The van der Waals surface area contributed by atoms with Gasteiger partial charge >= 0.3 is 7.82 Å². The second-order valence-corrected chi connectivity index (χ2v) is 11.8. The van der Waals surface area contributed by atoms with Crippen molar-refractivity contribution in [1.82, 2.24) is 0 Å². The van der Waals surface area contributed by atoms with Crippen molar-refractivity contribution in [2.75, 3.05) is 0 Å². The summed E-state index contributed by atoms with van der Waals surface area (Å²) in [4.78, 5) is 0. The van der Waals surface area contributed by atoms with Gasteiger partial charge in [-0.1, -0.05) is 42.5 Å². The molecule has 234 valence electrons. The third-order valence-electron chi connectivity index (χ3n) is 7.07. The fourth-order valence-corrected chi connectivity index (χ4v) is 6.15. The smallest absolute Gasteiger partial charge is 0.457 e. The number of benzene rings is 4. The minimum absolute atomic E-state index is 0.0692. The molecule has 0 bridgehead atoms. The molecule has 5 aromatic rings. The second kappa shape index (κ2) is 14.1. The average Bonchev–Trinajstić information content (AvgIpc) is 3.12. The fraction of sp³-hybridized carbons (Fsp3) is 0.0526. The van der Waals surface area contributed by atoms with E-state index < -0.39 is 7.82 Å². The maximum atomic E-state index is 14.5. The monoisotopic (exact) mass is 660 g/mol. The zero-order valence-electron chi connectivity index (χ0n) is 25.4. The van der Waals surface area contributed by atoms with Gasteiger partial charge in [0.15, 0.2) is 5.75 Å². The van der Waals surface area contributed by atoms with Crippen molar-refractivity contribution in [2.45, 2.75) is 12.8 Å². The fourth-order valence-electron chi connectivity index (χ4n) is 4.87. The third-order valence-corrected chi connectivity index (χ3v) is 8.37. The molecule has 6 rings (SSSR count). The number of nitriles is 4. The Bertz CT molecular complexity index is 2310. The van der Waals surface area contributed by atoms with Crippen LogP contribution >= 0.6 is 7.82 Å².